The van der Waals surface area contributed by atoms with Crippen LogP contribution in [0.4, 0.5) is 5.00 Å². The fourth-order valence-corrected chi connectivity index (χ4v) is 5.39. The minimum absolute atomic E-state index is 0.163. The number of benzene rings is 1. The number of fused-ring (bicyclic) bond motifs is 1. The fraction of sp³-hybridized carbons (Fsp3) is 0.429. The predicted octanol–water partition coefficient (Wildman–Crippen LogP) is 5.47. The zero-order chi connectivity index (χ0) is 21.0. The summed E-state index contributed by atoms with van der Waals surface area (Å²) in [6.07, 6.45) is 4.74. The van der Waals surface area contributed by atoms with E-state index in [9.17, 15) is 9.59 Å². The van der Waals surface area contributed by atoms with Crippen LogP contribution in [0.3, 0.4) is 0 Å². The minimum atomic E-state index is -0.478. The number of hydrogen-bond donors (Lipinski definition) is 2. The number of carbonyl (C=O) groups excluding carboxylic acids is 2. The summed E-state index contributed by atoms with van der Waals surface area (Å²) in [7, 11) is 0. The van der Waals surface area contributed by atoms with Crippen LogP contribution in [-0.4, -0.2) is 18.4 Å². The molecule has 8 heteroatoms. The molecule has 1 atom stereocenters. The SMILES string of the molecule is CC[C@@H]1CCc2c(sc(NC(=O)CCCOc3ccc(Cl)cc3Cl)c2C(N)=O)C1. The van der Waals surface area contributed by atoms with Crippen molar-refractivity contribution in [2.24, 2.45) is 11.7 Å². The molecule has 0 spiro atoms. The molecule has 1 aliphatic carbocycles. The van der Waals surface area contributed by atoms with Gasteiger partial charge in [0, 0.05) is 16.3 Å². The third kappa shape index (κ3) is 5.44. The van der Waals surface area contributed by atoms with Crippen LogP contribution in [-0.2, 0) is 17.6 Å². The summed E-state index contributed by atoms with van der Waals surface area (Å²) in [4.78, 5) is 25.6. The number of ether oxygens (including phenoxy) is 1. The standard InChI is InChI=1S/C21H24Cl2N2O3S/c1-2-12-5-7-14-17(10-12)29-21(19(14)20(24)27)25-18(26)4-3-9-28-16-8-6-13(22)11-15(16)23/h6,8,11-12H,2-5,7,9-10H2,1H3,(H2,24,27)(H,25,26)/t12-/m1/s1. The lowest BCUT2D eigenvalue weighted by Crippen LogP contribution is -2.20. The zero-order valence-electron chi connectivity index (χ0n) is 16.2. The van der Waals surface area contributed by atoms with E-state index in [-0.39, 0.29) is 12.3 Å². The van der Waals surface area contributed by atoms with Crippen LogP contribution in [0.1, 0.15) is 53.4 Å². The third-order valence-electron chi connectivity index (χ3n) is 5.14. The molecule has 156 valence electrons. The first-order valence-corrected chi connectivity index (χ1v) is 11.3. The Morgan fingerprint density at radius 3 is 2.83 bits per heavy atom. The Bertz CT molecular complexity index is 914. The first-order chi connectivity index (χ1) is 13.9. The molecule has 5 nitrogen and oxygen atoms in total. The Kier molecular flexibility index (Phi) is 7.44. The first-order valence-electron chi connectivity index (χ1n) is 9.71. The molecule has 1 heterocycles. The molecular weight excluding hydrogens is 431 g/mol. The number of hydrogen-bond acceptors (Lipinski definition) is 4. The summed E-state index contributed by atoms with van der Waals surface area (Å²) in [6, 6.07) is 5.00. The van der Waals surface area contributed by atoms with Crippen molar-refractivity contribution in [2.45, 2.75) is 45.4 Å². The molecular formula is C21H24Cl2N2O3S. The second-order valence-electron chi connectivity index (χ2n) is 7.16. The molecule has 1 aliphatic rings. The smallest absolute Gasteiger partial charge is 0.251 e. The maximum Gasteiger partial charge on any atom is 0.251 e. The van der Waals surface area contributed by atoms with E-state index in [1.165, 1.54) is 16.2 Å². The van der Waals surface area contributed by atoms with Crippen molar-refractivity contribution in [1.29, 1.82) is 0 Å². The monoisotopic (exact) mass is 454 g/mol. The Hall–Kier alpha value is -1.76. The summed E-state index contributed by atoms with van der Waals surface area (Å²) in [5.41, 5.74) is 7.11. The number of primary amides is 1. The molecule has 2 amide bonds. The predicted molar refractivity (Wildman–Crippen MR) is 118 cm³/mol. The minimum Gasteiger partial charge on any atom is -0.492 e. The van der Waals surface area contributed by atoms with Crippen molar-refractivity contribution < 1.29 is 14.3 Å². The lowest BCUT2D eigenvalue weighted by molar-refractivity contribution is -0.116. The number of rotatable bonds is 8. The maximum absolute atomic E-state index is 12.4. The number of nitrogens with one attached hydrogen (secondary N) is 1. The van der Waals surface area contributed by atoms with E-state index in [0.29, 0.717) is 45.3 Å². The highest BCUT2D eigenvalue weighted by atomic mass is 35.5. The van der Waals surface area contributed by atoms with Gasteiger partial charge in [-0.25, -0.2) is 0 Å². The Balaban J connectivity index is 1.56. The van der Waals surface area contributed by atoms with E-state index >= 15 is 0 Å². The molecule has 0 unspecified atom stereocenters. The number of nitrogens with two attached hydrogens (primary N) is 1. The van der Waals surface area contributed by atoms with Crippen molar-refractivity contribution in [3.05, 3.63) is 44.2 Å². The Labute approximate surface area is 184 Å². The molecule has 29 heavy (non-hydrogen) atoms. The summed E-state index contributed by atoms with van der Waals surface area (Å²) in [6.45, 7) is 2.52. The van der Waals surface area contributed by atoms with Gasteiger partial charge in [-0.15, -0.1) is 11.3 Å². The second kappa shape index (κ2) is 9.83. The van der Waals surface area contributed by atoms with Gasteiger partial charge in [-0.1, -0.05) is 36.5 Å². The molecule has 2 aromatic rings. The summed E-state index contributed by atoms with van der Waals surface area (Å²) in [5, 5.41) is 4.42. The van der Waals surface area contributed by atoms with Crippen LogP contribution in [0.5, 0.6) is 5.75 Å². The van der Waals surface area contributed by atoms with E-state index in [0.717, 1.165) is 31.2 Å². The second-order valence-corrected chi connectivity index (χ2v) is 9.11. The van der Waals surface area contributed by atoms with E-state index in [1.54, 1.807) is 18.2 Å². The molecule has 0 aliphatic heterocycles. The van der Waals surface area contributed by atoms with Gasteiger partial charge in [0.2, 0.25) is 5.91 Å². The molecule has 0 saturated carbocycles. The first kappa shape index (κ1) is 21.9. The number of halogens is 2. The average Bonchev–Trinajstić information content (AvgIpc) is 3.03. The van der Waals surface area contributed by atoms with Crippen LogP contribution in [0.15, 0.2) is 18.2 Å². The number of anilines is 1. The van der Waals surface area contributed by atoms with Crippen LogP contribution >= 0.6 is 34.5 Å². The van der Waals surface area contributed by atoms with Gasteiger partial charge in [0.1, 0.15) is 10.8 Å². The lowest BCUT2D eigenvalue weighted by atomic mass is 9.85. The van der Waals surface area contributed by atoms with E-state index in [4.69, 9.17) is 33.7 Å². The van der Waals surface area contributed by atoms with Gasteiger partial charge in [0.15, 0.2) is 0 Å². The topological polar surface area (TPSA) is 81.4 Å². The van der Waals surface area contributed by atoms with E-state index in [2.05, 4.69) is 12.2 Å². The molecule has 0 bridgehead atoms. The van der Waals surface area contributed by atoms with Crippen LogP contribution in [0.2, 0.25) is 10.0 Å². The highest BCUT2D eigenvalue weighted by Gasteiger charge is 2.28. The van der Waals surface area contributed by atoms with Crippen molar-refractivity contribution >= 4 is 51.4 Å². The molecule has 0 saturated heterocycles. The van der Waals surface area contributed by atoms with E-state index in [1.807, 2.05) is 0 Å². The van der Waals surface area contributed by atoms with E-state index < -0.39 is 5.91 Å². The Morgan fingerprint density at radius 2 is 2.14 bits per heavy atom. The average molecular weight is 455 g/mol. The normalized spacial score (nSPS) is 15.6. The van der Waals surface area contributed by atoms with Gasteiger partial charge in [0.25, 0.3) is 5.91 Å². The van der Waals surface area contributed by atoms with Crippen LogP contribution in [0, 0.1) is 5.92 Å². The molecule has 3 rings (SSSR count). The maximum atomic E-state index is 12.4. The summed E-state index contributed by atoms with van der Waals surface area (Å²) in [5.74, 6) is 0.517. The summed E-state index contributed by atoms with van der Waals surface area (Å²) < 4.78 is 5.60. The van der Waals surface area contributed by atoms with Gasteiger partial charge in [-0.3, -0.25) is 9.59 Å². The number of thiophene rings is 1. The van der Waals surface area contributed by atoms with Crippen molar-refractivity contribution in [3.8, 4) is 5.75 Å². The zero-order valence-corrected chi connectivity index (χ0v) is 18.6. The molecule has 0 fully saturated rings. The van der Waals surface area contributed by atoms with Gasteiger partial charge >= 0.3 is 0 Å². The highest BCUT2D eigenvalue weighted by molar-refractivity contribution is 7.17. The third-order valence-corrected chi connectivity index (χ3v) is 6.84. The molecule has 1 aromatic carbocycles. The van der Waals surface area contributed by atoms with Gasteiger partial charge in [-0.05, 0) is 55.4 Å². The molecule has 0 radical (unpaired) electrons. The summed E-state index contributed by atoms with van der Waals surface area (Å²) >= 11 is 13.4. The van der Waals surface area contributed by atoms with Gasteiger partial charge < -0.3 is 15.8 Å². The van der Waals surface area contributed by atoms with Crippen molar-refractivity contribution in [2.75, 3.05) is 11.9 Å². The molecule has 3 N–H and O–H groups in total. The fourth-order valence-electron chi connectivity index (χ4n) is 3.55. The largest absolute Gasteiger partial charge is 0.492 e. The highest BCUT2D eigenvalue weighted by Crippen LogP contribution is 2.40. The lowest BCUT2D eigenvalue weighted by Gasteiger charge is -2.20. The van der Waals surface area contributed by atoms with Gasteiger partial charge in [-0.2, -0.15) is 0 Å². The van der Waals surface area contributed by atoms with Crippen molar-refractivity contribution in [3.63, 3.8) is 0 Å². The van der Waals surface area contributed by atoms with Crippen LogP contribution in [0.25, 0.3) is 0 Å². The quantitative estimate of drug-likeness (QED) is 0.518. The van der Waals surface area contributed by atoms with Crippen molar-refractivity contribution in [1.82, 2.24) is 0 Å². The number of amides is 2. The van der Waals surface area contributed by atoms with Gasteiger partial charge in [0.05, 0.1) is 17.2 Å². The number of carbonyl (C=O) groups is 2. The molecule has 1 aromatic heterocycles. The van der Waals surface area contributed by atoms with Crippen LogP contribution < -0.4 is 15.8 Å². The Morgan fingerprint density at radius 1 is 1.34 bits per heavy atom.